The van der Waals surface area contributed by atoms with Crippen molar-refractivity contribution < 1.29 is 0 Å². The van der Waals surface area contributed by atoms with Gasteiger partial charge in [0.2, 0.25) is 0 Å². The second kappa shape index (κ2) is 3.52. The number of nitrogens with zero attached hydrogens (tertiary/aromatic N) is 4. The molecule has 7 nitrogen and oxygen atoms in total. The fourth-order valence-electron chi connectivity index (χ4n) is 2.14. The molecule has 0 aliphatic carbocycles. The molecule has 0 bridgehead atoms. The highest BCUT2D eigenvalue weighted by Crippen LogP contribution is 2.19. The molecule has 0 aliphatic rings. The molecule has 0 saturated carbocycles. The molecule has 0 radical (unpaired) electrons. The molecule has 0 aliphatic heterocycles. The van der Waals surface area contributed by atoms with Gasteiger partial charge in [-0.2, -0.15) is 5.10 Å². The van der Waals surface area contributed by atoms with E-state index in [1.54, 1.807) is 6.20 Å². The van der Waals surface area contributed by atoms with Gasteiger partial charge in [0.25, 0.3) is 0 Å². The largest absolute Gasteiger partial charge is 0.334 e. The number of benzene rings is 1. The lowest BCUT2D eigenvalue weighted by Crippen LogP contribution is -2.17. The maximum absolute atomic E-state index is 12.1. The molecule has 0 amide bonds. The first-order valence-electron chi connectivity index (χ1n) is 5.70. The van der Waals surface area contributed by atoms with Gasteiger partial charge in [-0.1, -0.05) is 30.3 Å². The smallest absolute Gasteiger partial charge is 0.291 e. The first-order valence-corrected chi connectivity index (χ1v) is 5.70. The van der Waals surface area contributed by atoms with Gasteiger partial charge in [-0.05, 0) is 0 Å². The molecule has 92 valence electrons. The summed E-state index contributed by atoms with van der Waals surface area (Å²) in [6, 6.07) is 9.46. The summed E-state index contributed by atoms with van der Waals surface area (Å²) in [5, 5.41) is 15.5. The van der Waals surface area contributed by atoms with Crippen molar-refractivity contribution in [1.29, 1.82) is 0 Å². The fraction of sp³-hybridized carbons (Fsp3) is 0. The first kappa shape index (κ1) is 10.0. The second-order valence-corrected chi connectivity index (χ2v) is 4.14. The van der Waals surface area contributed by atoms with E-state index in [-0.39, 0.29) is 5.69 Å². The maximum atomic E-state index is 12.1. The van der Waals surface area contributed by atoms with Crippen LogP contribution in [0.15, 0.2) is 41.3 Å². The van der Waals surface area contributed by atoms with Crippen LogP contribution in [0.25, 0.3) is 28.1 Å². The highest BCUT2D eigenvalue weighted by molar-refractivity contribution is 5.88. The van der Waals surface area contributed by atoms with Crippen LogP contribution in [-0.2, 0) is 0 Å². The van der Waals surface area contributed by atoms with Crippen molar-refractivity contribution in [3.05, 3.63) is 47.0 Å². The topological polar surface area (TPSA) is 91.7 Å². The van der Waals surface area contributed by atoms with E-state index in [4.69, 9.17) is 0 Å². The van der Waals surface area contributed by atoms with Crippen LogP contribution in [0.5, 0.6) is 0 Å². The minimum Gasteiger partial charge on any atom is -0.291 e. The highest BCUT2D eigenvalue weighted by atomic mass is 16.1. The van der Waals surface area contributed by atoms with Gasteiger partial charge in [0.15, 0.2) is 11.5 Å². The van der Waals surface area contributed by atoms with Crippen molar-refractivity contribution in [3.63, 3.8) is 0 Å². The number of aromatic nitrogens is 6. The van der Waals surface area contributed by atoms with Crippen molar-refractivity contribution in [3.8, 4) is 11.4 Å². The summed E-state index contributed by atoms with van der Waals surface area (Å²) in [6.07, 6.45) is 1.62. The Morgan fingerprint density at radius 1 is 1.11 bits per heavy atom. The van der Waals surface area contributed by atoms with Crippen molar-refractivity contribution in [1.82, 2.24) is 29.8 Å². The summed E-state index contributed by atoms with van der Waals surface area (Å²) >= 11 is 0. The van der Waals surface area contributed by atoms with Crippen molar-refractivity contribution in [2.45, 2.75) is 0 Å². The van der Waals surface area contributed by atoms with Crippen molar-refractivity contribution in [2.24, 2.45) is 0 Å². The molecule has 0 atom stereocenters. The highest BCUT2D eigenvalue weighted by Gasteiger charge is 2.14. The summed E-state index contributed by atoms with van der Waals surface area (Å²) in [5.74, 6) is 0.514. The Balaban J connectivity index is 2.17. The van der Waals surface area contributed by atoms with Crippen LogP contribution in [0.4, 0.5) is 0 Å². The van der Waals surface area contributed by atoms with E-state index in [2.05, 4.69) is 25.4 Å². The molecule has 0 saturated heterocycles. The predicted molar refractivity (Wildman–Crippen MR) is 68.7 cm³/mol. The summed E-state index contributed by atoms with van der Waals surface area (Å²) in [4.78, 5) is 14.8. The van der Waals surface area contributed by atoms with E-state index >= 15 is 0 Å². The Bertz CT molecular complexity index is 933. The van der Waals surface area contributed by atoms with Crippen LogP contribution >= 0.6 is 0 Å². The lowest BCUT2D eigenvalue weighted by Gasteiger charge is -1.98. The lowest BCUT2D eigenvalue weighted by molar-refractivity contribution is 1.01. The van der Waals surface area contributed by atoms with Crippen LogP contribution in [-0.4, -0.2) is 29.8 Å². The van der Waals surface area contributed by atoms with Crippen molar-refractivity contribution in [2.75, 3.05) is 0 Å². The molecule has 0 fully saturated rings. The Morgan fingerprint density at radius 3 is 2.79 bits per heavy atom. The zero-order valence-corrected chi connectivity index (χ0v) is 9.66. The minimum absolute atomic E-state index is 0.296. The normalized spacial score (nSPS) is 11.4. The standard InChI is InChI=1S/C12H8N6O/c19-12-14-9-8(6-13-15-9)11-17-16-10(18(11)12)7-4-2-1-3-5-7/h1-6H,(H2,13,14,15,19). The molecule has 7 heteroatoms. The average Bonchev–Trinajstić information content (AvgIpc) is 3.05. The summed E-state index contributed by atoms with van der Waals surface area (Å²) in [6.45, 7) is 0. The average molecular weight is 252 g/mol. The van der Waals surface area contributed by atoms with Crippen LogP contribution in [0.2, 0.25) is 0 Å². The zero-order chi connectivity index (χ0) is 12.8. The van der Waals surface area contributed by atoms with Gasteiger partial charge in [0.1, 0.15) is 5.65 Å². The Hall–Kier alpha value is -2.96. The Labute approximate surface area is 105 Å². The van der Waals surface area contributed by atoms with Gasteiger partial charge in [-0.15, -0.1) is 10.2 Å². The zero-order valence-electron chi connectivity index (χ0n) is 9.66. The number of aromatic amines is 2. The molecule has 0 spiro atoms. The number of H-pyrrole nitrogens is 2. The quantitative estimate of drug-likeness (QED) is 0.527. The van der Waals surface area contributed by atoms with E-state index in [1.807, 2.05) is 30.3 Å². The number of hydrogen-bond acceptors (Lipinski definition) is 4. The molecular formula is C12H8N6O. The van der Waals surface area contributed by atoms with Crippen molar-refractivity contribution >= 4 is 16.7 Å². The molecular weight excluding hydrogens is 244 g/mol. The summed E-state index contributed by atoms with van der Waals surface area (Å²) in [7, 11) is 0. The van der Waals surface area contributed by atoms with Gasteiger partial charge >= 0.3 is 5.69 Å². The number of rotatable bonds is 1. The van der Waals surface area contributed by atoms with Crippen LogP contribution in [0.1, 0.15) is 0 Å². The van der Waals surface area contributed by atoms with E-state index in [0.717, 1.165) is 10.9 Å². The number of nitrogens with one attached hydrogen (secondary N) is 2. The molecule has 4 aromatic rings. The lowest BCUT2D eigenvalue weighted by atomic mass is 10.2. The third-order valence-electron chi connectivity index (χ3n) is 3.01. The minimum atomic E-state index is -0.296. The van der Waals surface area contributed by atoms with Gasteiger partial charge in [0, 0.05) is 5.56 Å². The Morgan fingerprint density at radius 2 is 1.95 bits per heavy atom. The van der Waals surface area contributed by atoms with Gasteiger partial charge in [-0.25, -0.2) is 9.20 Å². The number of fused-ring (bicyclic) bond motifs is 3. The SMILES string of the molecule is O=c1[nH]c2[nH]ncc2c2nnc(-c3ccccc3)n12. The number of hydrogen-bond donors (Lipinski definition) is 2. The van der Waals surface area contributed by atoms with Gasteiger partial charge in [0.05, 0.1) is 11.6 Å². The molecule has 19 heavy (non-hydrogen) atoms. The monoisotopic (exact) mass is 252 g/mol. The second-order valence-electron chi connectivity index (χ2n) is 4.14. The molecule has 3 aromatic heterocycles. The molecule has 4 rings (SSSR count). The van der Waals surface area contributed by atoms with Crippen LogP contribution in [0.3, 0.4) is 0 Å². The van der Waals surface area contributed by atoms with E-state index in [9.17, 15) is 4.79 Å². The van der Waals surface area contributed by atoms with Gasteiger partial charge in [-0.3, -0.25) is 10.1 Å². The van der Waals surface area contributed by atoms with E-state index in [1.165, 1.54) is 4.40 Å². The van der Waals surface area contributed by atoms with E-state index < -0.39 is 0 Å². The Kier molecular flexibility index (Phi) is 1.85. The fourth-order valence-corrected chi connectivity index (χ4v) is 2.14. The molecule has 3 heterocycles. The molecule has 1 aromatic carbocycles. The third kappa shape index (κ3) is 1.32. The van der Waals surface area contributed by atoms with Gasteiger partial charge < -0.3 is 0 Å². The maximum Gasteiger partial charge on any atom is 0.334 e. The molecule has 2 N–H and O–H groups in total. The summed E-state index contributed by atoms with van der Waals surface area (Å²) in [5.41, 5.74) is 1.58. The van der Waals surface area contributed by atoms with Crippen LogP contribution < -0.4 is 5.69 Å². The third-order valence-corrected chi connectivity index (χ3v) is 3.01. The predicted octanol–water partition coefficient (Wildman–Crippen LogP) is 0.961. The first-order chi connectivity index (χ1) is 9.34. The van der Waals surface area contributed by atoms with Crippen LogP contribution in [0, 0.1) is 0 Å². The summed E-state index contributed by atoms with van der Waals surface area (Å²) < 4.78 is 1.45. The molecule has 0 unspecified atom stereocenters. The van der Waals surface area contributed by atoms with E-state index in [0.29, 0.717) is 17.1 Å².